The Morgan fingerprint density at radius 1 is 1.08 bits per heavy atom. The van der Waals surface area contributed by atoms with Gasteiger partial charge in [-0.3, -0.25) is 4.90 Å². The summed E-state index contributed by atoms with van der Waals surface area (Å²) in [5, 5.41) is 10.2. The van der Waals surface area contributed by atoms with Crippen molar-refractivity contribution in [2.75, 3.05) is 6.54 Å². The Balaban J connectivity index is 1.57. The van der Waals surface area contributed by atoms with Crippen molar-refractivity contribution in [1.29, 1.82) is 0 Å². The van der Waals surface area contributed by atoms with Crippen LogP contribution in [0.5, 0.6) is 5.75 Å². The molecule has 2 aliphatic carbocycles. The molecule has 1 saturated carbocycles. The van der Waals surface area contributed by atoms with Gasteiger partial charge in [-0.2, -0.15) is 0 Å². The van der Waals surface area contributed by atoms with E-state index in [0.717, 1.165) is 12.3 Å². The van der Waals surface area contributed by atoms with Crippen LogP contribution in [0.25, 0.3) is 0 Å². The number of fused-ring (bicyclic) bond motifs is 1. The third kappa shape index (κ3) is 2.35. The number of hydrogen-bond acceptors (Lipinski definition) is 2. The number of rotatable bonds is 2. The topological polar surface area (TPSA) is 23.5 Å². The standard InChI is InChI=1S/C24H29NO/c1-17(18-7-3-2-4-8-18)25-14-13-24-12-6-5-9-21(24)23(25)15-19-10-11-20(26)16-22(19)24/h2-4,7-8,10-11,16-17,21,23,26H,5-6,9,12-15H2,1H3/t17-,21-,23-,24-/m1/s1. The molecule has 2 nitrogen and oxygen atoms in total. The molecule has 0 amide bonds. The molecule has 1 heterocycles. The highest BCUT2D eigenvalue weighted by Crippen LogP contribution is 2.57. The highest BCUT2D eigenvalue weighted by atomic mass is 16.3. The number of nitrogens with zero attached hydrogens (tertiary/aromatic N) is 1. The van der Waals surface area contributed by atoms with Crippen molar-refractivity contribution in [2.45, 2.75) is 62.9 Å². The van der Waals surface area contributed by atoms with E-state index in [9.17, 15) is 5.11 Å². The first-order chi connectivity index (χ1) is 12.7. The van der Waals surface area contributed by atoms with Crippen LogP contribution < -0.4 is 0 Å². The van der Waals surface area contributed by atoms with Gasteiger partial charge in [0.2, 0.25) is 0 Å². The summed E-state index contributed by atoms with van der Waals surface area (Å²) < 4.78 is 0. The quantitative estimate of drug-likeness (QED) is 0.806. The van der Waals surface area contributed by atoms with Crippen molar-refractivity contribution in [3.05, 3.63) is 65.2 Å². The summed E-state index contributed by atoms with van der Waals surface area (Å²) in [5.41, 5.74) is 4.70. The molecule has 2 aromatic rings. The Bertz CT molecular complexity index is 801. The Morgan fingerprint density at radius 2 is 1.92 bits per heavy atom. The lowest BCUT2D eigenvalue weighted by atomic mass is 9.52. The van der Waals surface area contributed by atoms with Gasteiger partial charge in [-0.05, 0) is 73.9 Å². The van der Waals surface area contributed by atoms with Crippen LogP contribution >= 0.6 is 0 Å². The molecular weight excluding hydrogens is 318 g/mol. The lowest BCUT2D eigenvalue weighted by molar-refractivity contribution is -0.0308. The van der Waals surface area contributed by atoms with Gasteiger partial charge in [0.05, 0.1) is 0 Å². The number of aromatic hydroxyl groups is 1. The molecule has 2 heteroatoms. The highest BCUT2D eigenvalue weighted by molar-refractivity contribution is 5.45. The summed E-state index contributed by atoms with van der Waals surface area (Å²) >= 11 is 0. The molecule has 2 bridgehead atoms. The molecule has 26 heavy (non-hydrogen) atoms. The molecule has 4 atom stereocenters. The summed E-state index contributed by atoms with van der Waals surface area (Å²) in [7, 11) is 0. The predicted molar refractivity (Wildman–Crippen MR) is 105 cm³/mol. The van der Waals surface area contributed by atoms with E-state index in [1.807, 2.05) is 6.07 Å². The number of phenols is 1. The largest absolute Gasteiger partial charge is 0.508 e. The minimum Gasteiger partial charge on any atom is -0.508 e. The molecule has 2 aromatic carbocycles. The summed E-state index contributed by atoms with van der Waals surface area (Å²) in [5.74, 6) is 1.19. The van der Waals surface area contributed by atoms with Gasteiger partial charge in [0, 0.05) is 17.5 Å². The molecule has 1 N–H and O–H groups in total. The van der Waals surface area contributed by atoms with E-state index in [1.165, 1.54) is 55.3 Å². The van der Waals surface area contributed by atoms with Gasteiger partial charge in [0.15, 0.2) is 0 Å². The van der Waals surface area contributed by atoms with E-state index in [4.69, 9.17) is 0 Å². The molecule has 5 rings (SSSR count). The number of phenolic OH excluding ortho intramolecular Hbond substituents is 1. The minimum atomic E-state index is 0.308. The molecular formula is C24H29NO. The normalized spacial score (nSPS) is 31.7. The maximum Gasteiger partial charge on any atom is 0.115 e. The van der Waals surface area contributed by atoms with Crippen LogP contribution in [0.3, 0.4) is 0 Å². The second-order valence-corrected chi connectivity index (χ2v) is 8.70. The van der Waals surface area contributed by atoms with Gasteiger partial charge in [0.1, 0.15) is 5.75 Å². The zero-order valence-electron chi connectivity index (χ0n) is 15.7. The summed E-state index contributed by atoms with van der Waals surface area (Å²) in [6, 6.07) is 18.3. The Labute approximate surface area is 156 Å². The maximum absolute atomic E-state index is 10.2. The molecule has 2 fully saturated rings. The van der Waals surface area contributed by atoms with Crippen molar-refractivity contribution < 1.29 is 5.11 Å². The fraction of sp³-hybridized carbons (Fsp3) is 0.500. The van der Waals surface area contributed by atoms with Crippen LogP contribution in [-0.4, -0.2) is 22.6 Å². The van der Waals surface area contributed by atoms with E-state index in [-0.39, 0.29) is 0 Å². The van der Waals surface area contributed by atoms with Gasteiger partial charge in [-0.15, -0.1) is 0 Å². The smallest absolute Gasteiger partial charge is 0.115 e. The molecule has 0 aromatic heterocycles. The zero-order valence-corrected chi connectivity index (χ0v) is 15.7. The van der Waals surface area contributed by atoms with Crippen molar-refractivity contribution in [3.63, 3.8) is 0 Å². The van der Waals surface area contributed by atoms with Crippen LogP contribution in [0.4, 0.5) is 0 Å². The minimum absolute atomic E-state index is 0.308. The first-order valence-corrected chi connectivity index (χ1v) is 10.3. The highest BCUT2D eigenvalue weighted by Gasteiger charge is 2.54. The van der Waals surface area contributed by atoms with Crippen LogP contribution in [0.2, 0.25) is 0 Å². The summed E-state index contributed by atoms with van der Waals surface area (Å²) in [6.45, 7) is 3.56. The van der Waals surface area contributed by atoms with Crippen LogP contribution in [0.15, 0.2) is 48.5 Å². The molecule has 3 aliphatic rings. The number of benzene rings is 2. The van der Waals surface area contributed by atoms with Crippen molar-refractivity contribution >= 4 is 0 Å². The van der Waals surface area contributed by atoms with E-state index in [0.29, 0.717) is 23.2 Å². The number of piperidine rings is 1. The summed E-state index contributed by atoms with van der Waals surface area (Å²) in [4.78, 5) is 2.79. The zero-order chi connectivity index (χ0) is 17.7. The molecule has 1 saturated heterocycles. The van der Waals surface area contributed by atoms with E-state index in [2.05, 4.69) is 54.3 Å². The molecule has 136 valence electrons. The van der Waals surface area contributed by atoms with Crippen molar-refractivity contribution in [3.8, 4) is 5.75 Å². The lowest BCUT2D eigenvalue weighted by Crippen LogP contribution is -2.61. The van der Waals surface area contributed by atoms with E-state index >= 15 is 0 Å². The van der Waals surface area contributed by atoms with Crippen LogP contribution in [-0.2, 0) is 11.8 Å². The van der Waals surface area contributed by atoms with Gasteiger partial charge in [-0.25, -0.2) is 0 Å². The van der Waals surface area contributed by atoms with E-state index in [1.54, 1.807) is 0 Å². The maximum atomic E-state index is 10.2. The second-order valence-electron chi connectivity index (χ2n) is 8.70. The van der Waals surface area contributed by atoms with Gasteiger partial charge >= 0.3 is 0 Å². The lowest BCUT2D eigenvalue weighted by Gasteiger charge is -2.60. The van der Waals surface area contributed by atoms with Gasteiger partial charge in [0.25, 0.3) is 0 Å². The van der Waals surface area contributed by atoms with Crippen molar-refractivity contribution in [2.24, 2.45) is 5.92 Å². The van der Waals surface area contributed by atoms with Gasteiger partial charge < -0.3 is 5.11 Å². The first-order valence-electron chi connectivity index (χ1n) is 10.3. The molecule has 0 unspecified atom stereocenters. The third-order valence-corrected chi connectivity index (χ3v) is 7.64. The Kier molecular flexibility index (Phi) is 3.86. The predicted octanol–water partition coefficient (Wildman–Crippen LogP) is 5.21. The van der Waals surface area contributed by atoms with E-state index < -0.39 is 0 Å². The average Bonchev–Trinajstić information content (AvgIpc) is 2.69. The summed E-state index contributed by atoms with van der Waals surface area (Å²) in [6.07, 6.45) is 7.73. The Hall–Kier alpha value is -1.80. The molecule has 0 radical (unpaired) electrons. The molecule has 1 aliphatic heterocycles. The fourth-order valence-corrected chi connectivity index (χ4v) is 6.43. The Morgan fingerprint density at radius 3 is 2.77 bits per heavy atom. The van der Waals surface area contributed by atoms with Crippen molar-refractivity contribution in [1.82, 2.24) is 4.90 Å². The third-order valence-electron chi connectivity index (χ3n) is 7.64. The van der Waals surface area contributed by atoms with Gasteiger partial charge in [-0.1, -0.05) is 49.2 Å². The number of likely N-dealkylation sites (tertiary alicyclic amines) is 1. The van der Waals surface area contributed by atoms with Crippen LogP contribution in [0, 0.1) is 5.92 Å². The number of hydrogen-bond donors (Lipinski definition) is 1. The second kappa shape index (κ2) is 6.13. The monoisotopic (exact) mass is 347 g/mol. The first kappa shape index (κ1) is 16.4. The average molecular weight is 348 g/mol. The SMILES string of the molecule is C[C@H](c1ccccc1)N1CC[C@]23CCCC[C@@H]2[C@H]1Cc1ccc(O)cc13. The fourth-order valence-electron chi connectivity index (χ4n) is 6.43. The molecule has 0 spiro atoms. The van der Waals surface area contributed by atoms with Crippen LogP contribution in [0.1, 0.15) is 61.8 Å².